The molecule has 2 aromatic rings. The Balaban J connectivity index is 2.58. The van der Waals surface area contributed by atoms with Crippen LogP contribution in [0.25, 0.3) is 10.4 Å². The average Bonchev–Trinajstić information content (AvgIpc) is 2.62. The number of ketones is 1. The van der Waals surface area contributed by atoms with E-state index in [-0.39, 0.29) is 5.78 Å². The molecule has 76 valence electrons. The molecule has 0 fully saturated rings. The molecule has 0 bridgehead atoms. The molecule has 0 atom stereocenters. The van der Waals surface area contributed by atoms with Gasteiger partial charge in [0.2, 0.25) is 0 Å². The number of rotatable bonds is 2. The summed E-state index contributed by atoms with van der Waals surface area (Å²) in [4.78, 5) is 16.2. The second kappa shape index (κ2) is 4.13. The summed E-state index contributed by atoms with van der Waals surface area (Å²) in [7, 11) is 0. The van der Waals surface area contributed by atoms with Crippen LogP contribution in [0.4, 0.5) is 0 Å². The molecule has 0 spiro atoms. The molecule has 1 aromatic carbocycles. The third-order valence-electron chi connectivity index (χ3n) is 1.97. The molecule has 0 saturated heterocycles. The first-order chi connectivity index (χ1) is 7.18. The molecule has 1 aromatic heterocycles. The lowest BCUT2D eigenvalue weighted by Gasteiger charge is -1.97. The highest BCUT2D eigenvalue weighted by Crippen LogP contribution is 2.32. The SMILES string of the molecule is CC(=O)c1nc(Cl)sc1-c1ccccc1. The molecule has 0 aliphatic rings. The Bertz CT molecular complexity index is 493. The molecular formula is C11H8ClNOS. The molecule has 1 heterocycles. The van der Waals surface area contributed by atoms with Crippen molar-refractivity contribution in [2.24, 2.45) is 0 Å². The quantitative estimate of drug-likeness (QED) is 0.746. The van der Waals surface area contributed by atoms with Crippen LogP contribution in [0, 0.1) is 0 Å². The summed E-state index contributed by atoms with van der Waals surface area (Å²) in [6.07, 6.45) is 0. The maximum atomic E-state index is 11.3. The van der Waals surface area contributed by atoms with Crippen molar-refractivity contribution in [3.63, 3.8) is 0 Å². The van der Waals surface area contributed by atoms with Gasteiger partial charge in [0.05, 0.1) is 4.88 Å². The molecule has 0 aliphatic carbocycles. The van der Waals surface area contributed by atoms with Gasteiger partial charge in [0.1, 0.15) is 5.69 Å². The van der Waals surface area contributed by atoms with Gasteiger partial charge < -0.3 is 0 Å². The second-order valence-electron chi connectivity index (χ2n) is 3.07. The van der Waals surface area contributed by atoms with Crippen molar-refractivity contribution in [2.75, 3.05) is 0 Å². The average molecular weight is 238 g/mol. The van der Waals surface area contributed by atoms with E-state index in [1.165, 1.54) is 18.3 Å². The second-order valence-corrected chi connectivity index (χ2v) is 4.65. The third-order valence-corrected chi connectivity index (χ3v) is 3.18. The summed E-state index contributed by atoms with van der Waals surface area (Å²) >= 11 is 7.14. The van der Waals surface area contributed by atoms with Gasteiger partial charge in [-0.3, -0.25) is 4.79 Å². The lowest BCUT2D eigenvalue weighted by molar-refractivity contribution is 0.101. The fourth-order valence-corrected chi connectivity index (χ4v) is 2.48. The molecule has 0 radical (unpaired) electrons. The Hall–Kier alpha value is -1.19. The maximum Gasteiger partial charge on any atom is 0.184 e. The van der Waals surface area contributed by atoms with Gasteiger partial charge in [-0.1, -0.05) is 41.9 Å². The smallest absolute Gasteiger partial charge is 0.184 e. The standard InChI is InChI=1S/C11H8ClNOS/c1-7(14)9-10(15-11(12)13-9)8-5-3-2-4-6-8/h2-6H,1H3. The summed E-state index contributed by atoms with van der Waals surface area (Å²) in [6.45, 7) is 1.50. The Morgan fingerprint density at radius 2 is 2.00 bits per heavy atom. The van der Waals surface area contributed by atoms with E-state index in [1.807, 2.05) is 30.3 Å². The van der Waals surface area contributed by atoms with Crippen molar-refractivity contribution in [1.29, 1.82) is 0 Å². The van der Waals surface area contributed by atoms with Crippen molar-refractivity contribution in [3.05, 3.63) is 40.5 Å². The molecule has 0 N–H and O–H groups in total. The first kappa shape index (κ1) is 10.3. The van der Waals surface area contributed by atoms with Gasteiger partial charge in [0.15, 0.2) is 10.3 Å². The molecule has 15 heavy (non-hydrogen) atoms. The van der Waals surface area contributed by atoms with Crippen LogP contribution in [0.2, 0.25) is 4.47 Å². The van der Waals surface area contributed by atoms with Crippen LogP contribution in [0.3, 0.4) is 0 Å². The van der Waals surface area contributed by atoms with Crippen molar-refractivity contribution in [2.45, 2.75) is 6.92 Å². The van der Waals surface area contributed by atoms with E-state index in [2.05, 4.69) is 4.98 Å². The summed E-state index contributed by atoms with van der Waals surface area (Å²) < 4.78 is 0.402. The number of hydrogen-bond donors (Lipinski definition) is 0. The van der Waals surface area contributed by atoms with Gasteiger partial charge in [-0.25, -0.2) is 4.98 Å². The molecule has 0 aliphatic heterocycles. The van der Waals surface area contributed by atoms with Crippen LogP contribution in [0.5, 0.6) is 0 Å². The number of Topliss-reactive ketones (excluding diaryl/α,β-unsaturated/α-hetero) is 1. The Morgan fingerprint density at radius 3 is 2.60 bits per heavy atom. The number of carbonyl (C=O) groups excluding carboxylic acids is 1. The Morgan fingerprint density at radius 1 is 1.33 bits per heavy atom. The normalized spacial score (nSPS) is 10.3. The topological polar surface area (TPSA) is 30.0 Å². The largest absolute Gasteiger partial charge is 0.293 e. The predicted molar refractivity (Wildman–Crippen MR) is 62.6 cm³/mol. The van der Waals surface area contributed by atoms with Gasteiger partial charge in [-0.05, 0) is 5.56 Å². The number of halogens is 1. The lowest BCUT2D eigenvalue weighted by atomic mass is 10.1. The molecule has 2 nitrogen and oxygen atoms in total. The third kappa shape index (κ3) is 2.08. The zero-order chi connectivity index (χ0) is 10.8. The highest BCUT2D eigenvalue weighted by Gasteiger charge is 2.15. The first-order valence-corrected chi connectivity index (χ1v) is 5.60. The van der Waals surface area contributed by atoms with Crippen molar-refractivity contribution in [3.8, 4) is 10.4 Å². The number of aromatic nitrogens is 1. The van der Waals surface area contributed by atoms with E-state index >= 15 is 0 Å². The molecule has 0 unspecified atom stereocenters. The van der Waals surface area contributed by atoms with E-state index in [0.717, 1.165) is 10.4 Å². The summed E-state index contributed by atoms with van der Waals surface area (Å²) in [5, 5.41) is 0. The van der Waals surface area contributed by atoms with Crippen LogP contribution >= 0.6 is 22.9 Å². The lowest BCUT2D eigenvalue weighted by Crippen LogP contribution is -1.94. The Kier molecular flexibility index (Phi) is 2.84. The number of hydrogen-bond acceptors (Lipinski definition) is 3. The van der Waals surface area contributed by atoms with Crippen LogP contribution in [0.1, 0.15) is 17.4 Å². The van der Waals surface area contributed by atoms with E-state index in [4.69, 9.17) is 11.6 Å². The van der Waals surface area contributed by atoms with Crippen molar-refractivity contribution < 1.29 is 4.79 Å². The van der Waals surface area contributed by atoms with Gasteiger partial charge >= 0.3 is 0 Å². The predicted octanol–water partition coefficient (Wildman–Crippen LogP) is 3.67. The van der Waals surface area contributed by atoms with Gasteiger partial charge in [0.25, 0.3) is 0 Å². The van der Waals surface area contributed by atoms with Crippen LogP contribution in [-0.4, -0.2) is 10.8 Å². The number of nitrogens with zero attached hydrogens (tertiary/aromatic N) is 1. The monoisotopic (exact) mass is 237 g/mol. The minimum Gasteiger partial charge on any atom is -0.293 e. The van der Waals surface area contributed by atoms with Crippen molar-refractivity contribution in [1.82, 2.24) is 4.98 Å². The van der Waals surface area contributed by atoms with Crippen LogP contribution < -0.4 is 0 Å². The van der Waals surface area contributed by atoms with Gasteiger partial charge in [-0.15, -0.1) is 11.3 Å². The van der Waals surface area contributed by atoms with Gasteiger partial charge in [0, 0.05) is 6.92 Å². The molecule has 4 heteroatoms. The van der Waals surface area contributed by atoms with E-state index < -0.39 is 0 Å². The summed E-state index contributed by atoms with van der Waals surface area (Å²) in [6, 6.07) is 9.66. The fraction of sp³-hybridized carbons (Fsp3) is 0.0909. The molecule has 2 rings (SSSR count). The fourth-order valence-electron chi connectivity index (χ4n) is 1.32. The number of thiazole rings is 1. The Labute approximate surface area is 96.5 Å². The van der Waals surface area contributed by atoms with E-state index in [1.54, 1.807) is 0 Å². The van der Waals surface area contributed by atoms with E-state index in [0.29, 0.717) is 10.2 Å². The van der Waals surface area contributed by atoms with Crippen LogP contribution in [-0.2, 0) is 0 Å². The van der Waals surface area contributed by atoms with Crippen LogP contribution in [0.15, 0.2) is 30.3 Å². The minimum absolute atomic E-state index is 0.0583. The molecular weight excluding hydrogens is 230 g/mol. The molecule has 0 amide bonds. The summed E-state index contributed by atoms with van der Waals surface area (Å²) in [5.74, 6) is -0.0583. The first-order valence-electron chi connectivity index (χ1n) is 4.41. The zero-order valence-corrected chi connectivity index (χ0v) is 9.60. The summed E-state index contributed by atoms with van der Waals surface area (Å²) in [5.41, 5.74) is 1.43. The van der Waals surface area contributed by atoms with Crippen molar-refractivity contribution >= 4 is 28.7 Å². The number of carbonyl (C=O) groups is 1. The minimum atomic E-state index is -0.0583. The van der Waals surface area contributed by atoms with E-state index in [9.17, 15) is 4.79 Å². The highest BCUT2D eigenvalue weighted by atomic mass is 35.5. The zero-order valence-electron chi connectivity index (χ0n) is 8.03. The molecule has 0 saturated carbocycles. The maximum absolute atomic E-state index is 11.3. The highest BCUT2D eigenvalue weighted by molar-refractivity contribution is 7.19. The number of benzene rings is 1. The van der Waals surface area contributed by atoms with Gasteiger partial charge in [-0.2, -0.15) is 0 Å².